The molecule has 0 saturated carbocycles. The van der Waals surface area contributed by atoms with Gasteiger partial charge < -0.3 is 36.6 Å². The highest BCUT2D eigenvalue weighted by molar-refractivity contribution is 7.84. The third-order valence-corrected chi connectivity index (χ3v) is 7.95. The van der Waals surface area contributed by atoms with Gasteiger partial charge in [-0.2, -0.15) is 13.1 Å². The number of nitrogens with two attached hydrogens (primary N) is 1. The number of nitrogens with one attached hydrogen (secondary N) is 2. The predicted molar refractivity (Wildman–Crippen MR) is 146 cm³/mol. The van der Waals surface area contributed by atoms with E-state index in [9.17, 15) is 52.4 Å². The van der Waals surface area contributed by atoms with Crippen molar-refractivity contribution in [2.45, 2.75) is 38.5 Å². The third-order valence-electron chi connectivity index (χ3n) is 5.92. The number of urea groups is 1. The maximum Gasteiger partial charge on any atom is 0.362 e. The quantitative estimate of drug-likeness (QED) is 0.0478. The molecule has 1 saturated heterocycles. The molecule has 3 amide bonds. The van der Waals surface area contributed by atoms with Crippen molar-refractivity contribution in [3.63, 3.8) is 0 Å². The maximum atomic E-state index is 13.3. The van der Waals surface area contributed by atoms with Crippen molar-refractivity contribution in [3.05, 3.63) is 38.2 Å². The number of aliphatic carboxylic acids is 1. The van der Waals surface area contributed by atoms with Gasteiger partial charge in [-0.05, 0) is 13.8 Å². The van der Waals surface area contributed by atoms with Crippen LogP contribution in [0, 0.1) is 5.92 Å². The van der Waals surface area contributed by atoms with Crippen LogP contribution < -0.4 is 21.8 Å². The number of halogens is 1. The first-order valence-corrected chi connectivity index (χ1v) is 14.3. The number of pyridine rings is 1. The summed E-state index contributed by atoms with van der Waals surface area (Å²) in [6.07, 6.45) is -0.0756. The number of carboxylic acids is 1. The van der Waals surface area contributed by atoms with E-state index in [0.29, 0.717) is 10.9 Å². The Labute approximate surface area is 250 Å². The summed E-state index contributed by atoms with van der Waals surface area (Å²) in [5.41, 5.74) is 1.81. The van der Waals surface area contributed by atoms with E-state index in [-0.39, 0.29) is 25.2 Å². The number of aromatic nitrogens is 2. The zero-order valence-corrected chi connectivity index (χ0v) is 24.4. The van der Waals surface area contributed by atoms with Crippen LogP contribution in [-0.2, 0) is 36.1 Å². The predicted octanol–water partition coefficient (Wildman–Crippen LogP) is -0.844. The Hall–Kier alpha value is -4.47. The molecule has 0 unspecified atom stereocenters. The molecule has 19 nitrogen and oxygen atoms in total. The molecule has 22 heteroatoms. The summed E-state index contributed by atoms with van der Waals surface area (Å²) in [5.74, 6) is -5.83. The first kappa shape index (κ1) is 33.0. The minimum Gasteiger partial charge on any atom is -0.503 e. The largest absolute Gasteiger partial charge is 0.503 e. The second kappa shape index (κ2) is 12.4. The first-order valence-electron chi connectivity index (χ1n) is 11.7. The summed E-state index contributed by atoms with van der Waals surface area (Å²) >= 11 is 6.84. The number of nitrogen functional groups attached to an aromatic ring is 1. The lowest BCUT2D eigenvalue weighted by molar-refractivity contribution is -0.161. The van der Waals surface area contributed by atoms with Crippen LogP contribution >= 0.6 is 22.9 Å². The molecule has 2 aromatic heterocycles. The Morgan fingerprint density at radius 2 is 1.93 bits per heavy atom. The fourth-order valence-electron chi connectivity index (χ4n) is 3.61. The van der Waals surface area contributed by atoms with Gasteiger partial charge in [0.05, 0.1) is 30.4 Å². The van der Waals surface area contributed by atoms with Crippen molar-refractivity contribution in [1.82, 2.24) is 24.7 Å². The number of carboxylic acid groups (broad SMARTS) is 1. The van der Waals surface area contributed by atoms with Gasteiger partial charge in [-0.15, -0.1) is 0 Å². The number of thiazole rings is 1. The molecule has 0 aliphatic carbocycles. The van der Waals surface area contributed by atoms with E-state index in [2.05, 4.69) is 20.8 Å². The van der Waals surface area contributed by atoms with Gasteiger partial charge in [-0.1, -0.05) is 28.1 Å². The highest BCUT2D eigenvalue weighted by Gasteiger charge is 2.54. The van der Waals surface area contributed by atoms with E-state index in [1.54, 1.807) is 0 Å². The first-order chi connectivity index (χ1) is 19.8. The van der Waals surface area contributed by atoms with E-state index in [4.69, 9.17) is 22.2 Å². The van der Waals surface area contributed by atoms with E-state index in [1.165, 1.54) is 0 Å². The van der Waals surface area contributed by atoms with Gasteiger partial charge in [0.15, 0.2) is 22.4 Å². The molecule has 0 radical (unpaired) electrons. The van der Waals surface area contributed by atoms with Gasteiger partial charge in [-0.25, -0.2) is 18.9 Å². The normalized spacial score (nSPS) is 17.3. The van der Waals surface area contributed by atoms with E-state index in [1.807, 2.05) is 0 Å². The molecule has 8 N–H and O–H groups in total. The molecular weight excluding hydrogens is 642 g/mol. The topological polar surface area (TPSA) is 293 Å². The number of oxime groups is 1. The number of aromatic hydroxyl groups is 1. The molecule has 3 rings (SSSR count). The van der Waals surface area contributed by atoms with Gasteiger partial charge in [-0.3, -0.25) is 18.9 Å². The van der Waals surface area contributed by atoms with E-state index in [0.717, 1.165) is 31.3 Å². The zero-order chi connectivity index (χ0) is 32.4. The number of β-lactam (4-membered cyclic amide) rings is 1. The second-order valence-electron chi connectivity index (χ2n) is 9.36. The fraction of sp³-hybridized carbons (Fsp3) is 0.381. The van der Waals surface area contributed by atoms with Crippen LogP contribution in [0.25, 0.3) is 0 Å². The minimum atomic E-state index is -5.13. The maximum absolute atomic E-state index is 13.3. The Bertz CT molecular complexity index is 1670. The number of anilines is 1. The smallest absolute Gasteiger partial charge is 0.362 e. The molecule has 1 aliphatic rings. The minimum absolute atomic E-state index is 0.0469. The monoisotopic (exact) mass is 665 g/mol. The SMILES string of the molecule is CC(C)(O/N=C(\C(=O)C[C@@H]1C(=O)N(S(=O)(=O)O)[C@@H]1CNC(=O)NCc1cc(=O)c(O)cn1O)c1nc(N)sc1Cl)C(=O)O. The number of carbonyl (C=O) groups is 4. The van der Waals surface area contributed by atoms with Crippen LogP contribution in [0.2, 0.25) is 4.34 Å². The highest BCUT2D eigenvalue weighted by atomic mass is 35.5. The number of hydrogen-bond acceptors (Lipinski definition) is 14. The number of rotatable bonds is 12. The summed E-state index contributed by atoms with van der Waals surface area (Å²) < 4.78 is 33.5. The molecule has 234 valence electrons. The van der Waals surface area contributed by atoms with Crippen molar-refractivity contribution in [2.75, 3.05) is 12.3 Å². The lowest BCUT2D eigenvalue weighted by Gasteiger charge is -2.44. The van der Waals surface area contributed by atoms with Crippen molar-refractivity contribution in [2.24, 2.45) is 11.1 Å². The summed E-state index contributed by atoms with van der Waals surface area (Å²) in [5, 5.41) is 36.3. The van der Waals surface area contributed by atoms with Crippen molar-refractivity contribution >= 4 is 67.8 Å². The van der Waals surface area contributed by atoms with Gasteiger partial charge in [0.2, 0.25) is 16.9 Å². The number of nitrogens with zero attached hydrogens (tertiary/aromatic N) is 4. The van der Waals surface area contributed by atoms with Crippen LogP contribution in [-0.4, -0.2) is 90.0 Å². The number of carbonyl (C=O) groups excluding carboxylic acids is 3. The summed E-state index contributed by atoms with van der Waals surface area (Å²) in [6.45, 7) is 1.21. The molecule has 1 aliphatic heterocycles. The molecule has 0 bridgehead atoms. The average Bonchev–Trinajstić information content (AvgIpc) is 3.22. The van der Waals surface area contributed by atoms with Gasteiger partial charge in [0.1, 0.15) is 10.0 Å². The van der Waals surface area contributed by atoms with Gasteiger partial charge in [0, 0.05) is 19.0 Å². The number of hydrogen-bond donors (Lipinski definition) is 7. The zero-order valence-electron chi connectivity index (χ0n) is 22.0. The standard InChI is InChI=1S/C21H24ClN7O12S2/c1-21(2,18(34)35)41-27-14(15-16(22)42-19(23)26-15)12(31)4-9-10(29(17(9)33)43(38,39)40)6-25-20(36)24-5-8-3-11(30)13(32)7-28(8)37/h3,7,9-10,32,37H,4-6H2,1-2H3,(H2,23,26)(H,34,35)(H2,24,25,36)(H,38,39,40)/b27-14+/t9-,10+/m0/s1. The van der Waals surface area contributed by atoms with E-state index >= 15 is 0 Å². The van der Waals surface area contributed by atoms with Crippen LogP contribution in [0.4, 0.5) is 9.93 Å². The van der Waals surface area contributed by atoms with Crippen LogP contribution in [0.5, 0.6) is 5.75 Å². The summed E-state index contributed by atoms with van der Waals surface area (Å²) in [6, 6.07) is -1.61. The van der Waals surface area contributed by atoms with Crippen LogP contribution in [0.3, 0.4) is 0 Å². The number of Topliss-reactive ketones (excluding diaryl/α,β-unsaturated/α-hetero) is 1. The molecule has 2 atom stereocenters. The van der Waals surface area contributed by atoms with Crippen LogP contribution in [0.15, 0.2) is 22.2 Å². The van der Waals surface area contributed by atoms with E-state index < -0.39 is 88.0 Å². The molecular formula is C21H24ClN7O12S2. The Balaban J connectivity index is 1.79. The van der Waals surface area contributed by atoms with Gasteiger partial charge >= 0.3 is 22.3 Å². The second-order valence-corrected chi connectivity index (χ2v) is 12.3. The summed E-state index contributed by atoms with van der Waals surface area (Å²) in [4.78, 5) is 70.1. The lowest BCUT2D eigenvalue weighted by atomic mass is 9.84. The highest BCUT2D eigenvalue weighted by Crippen LogP contribution is 2.33. The Morgan fingerprint density at radius 3 is 2.49 bits per heavy atom. The fourth-order valence-corrected chi connectivity index (χ4v) is 5.46. The number of ketones is 1. The lowest BCUT2D eigenvalue weighted by Crippen LogP contribution is -2.66. The Morgan fingerprint density at radius 1 is 1.28 bits per heavy atom. The molecule has 1 fully saturated rings. The Kier molecular flexibility index (Phi) is 9.53. The number of amides is 3. The molecule has 2 aromatic rings. The van der Waals surface area contributed by atoms with Crippen LogP contribution in [0.1, 0.15) is 31.7 Å². The van der Waals surface area contributed by atoms with Crippen molar-refractivity contribution < 1.29 is 52.4 Å². The van der Waals surface area contributed by atoms with Crippen molar-refractivity contribution in [3.8, 4) is 5.75 Å². The molecule has 43 heavy (non-hydrogen) atoms. The third kappa shape index (κ3) is 7.49. The van der Waals surface area contributed by atoms with Crippen molar-refractivity contribution in [1.29, 1.82) is 0 Å². The average molecular weight is 666 g/mol. The molecule has 0 aromatic carbocycles. The molecule has 3 heterocycles. The molecule has 0 spiro atoms. The van der Waals surface area contributed by atoms with Gasteiger partial charge in [0.25, 0.3) is 0 Å². The summed E-state index contributed by atoms with van der Waals surface area (Å²) in [7, 11) is -5.13.